The van der Waals surface area contributed by atoms with Crippen molar-refractivity contribution in [2.45, 2.75) is 77.5 Å². The number of anilines is 1. The summed E-state index contributed by atoms with van der Waals surface area (Å²) in [4.78, 5) is 11.5. The summed E-state index contributed by atoms with van der Waals surface area (Å²) in [7, 11) is 0. The van der Waals surface area contributed by atoms with Gasteiger partial charge in [-0.15, -0.1) is 0 Å². The predicted octanol–water partition coefficient (Wildman–Crippen LogP) is 2.58. The van der Waals surface area contributed by atoms with Crippen LogP contribution < -0.4 is 5.32 Å². The van der Waals surface area contributed by atoms with Gasteiger partial charge in [0.2, 0.25) is 0 Å². The number of aryl methyl sites for hydroxylation is 2. The average molecular weight is 318 g/mol. The highest BCUT2D eigenvalue weighted by atomic mass is 16.3. The van der Waals surface area contributed by atoms with E-state index < -0.39 is 0 Å². The number of nitrogens with one attached hydrogen (secondary N) is 1. The first-order valence-corrected chi connectivity index (χ1v) is 9.05. The lowest BCUT2D eigenvalue weighted by Crippen LogP contribution is -2.50. The van der Waals surface area contributed by atoms with E-state index >= 15 is 0 Å². The van der Waals surface area contributed by atoms with E-state index in [1.54, 1.807) is 0 Å². The zero-order valence-electron chi connectivity index (χ0n) is 14.7. The first-order chi connectivity index (χ1) is 11.0. The highest BCUT2D eigenvalue weighted by Crippen LogP contribution is 2.27. The van der Waals surface area contributed by atoms with Gasteiger partial charge < -0.3 is 10.4 Å². The van der Waals surface area contributed by atoms with Gasteiger partial charge in [-0.2, -0.15) is 0 Å². The van der Waals surface area contributed by atoms with E-state index in [4.69, 9.17) is 0 Å². The lowest BCUT2D eigenvalue weighted by Gasteiger charge is -2.41. The molecule has 0 amide bonds. The third-order valence-electron chi connectivity index (χ3n) is 5.53. The van der Waals surface area contributed by atoms with Crippen molar-refractivity contribution in [2.24, 2.45) is 0 Å². The van der Waals surface area contributed by atoms with Gasteiger partial charge in [-0.25, -0.2) is 9.97 Å². The zero-order valence-corrected chi connectivity index (χ0v) is 14.7. The third kappa shape index (κ3) is 3.83. The topological polar surface area (TPSA) is 61.3 Å². The van der Waals surface area contributed by atoms with Crippen molar-refractivity contribution in [1.82, 2.24) is 14.9 Å². The second-order valence-electron chi connectivity index (χ2n) is 7.20. The molecule has 3 rings (SSSR count). The summed E-state index contributed by atoms with van der Waals surface area (Å²) in [5.41, 5.74) is 2.21. The molecule has 2 heterocycles. The van der Waals surface area contributed by atoms with Crippen LogP contribution in [0.25, 0.3) is 0 Å². The van der Waals surface area contributed by atoms with Crippen LogP contribution in [0.15, 0.2) is 0 Å². The number of rotatable bonds is 3. The standard InChI is InChI=1S/C18H30N4O/c1-12-13(2)19-14(3)20-18(12)21-15-8-10-22(11-9-15)16-6-4-5-7-17(16)23/h15-17,23H,4-11H2,1-3H3,(H,19,20,21). The molecule has 2 N–H and O–H groups in total. The van der Waals surface area contributed by atoms with Crippen LogP contribution in [-0.4, -0.2) is 51.3 Å². The van der Waals surface area contributed by atoms with E-state index in [0.29, 0.717) is 12.1 Å². The lowest BCUT2D eigenvalue weighted by atomic mass is 9.89. The van der Waals surface area contributed by atoms with Gasteiger partial charge in [0.15, 0.2) is 0 Å². The van der Waals surface area contributed by atoms with Crippen LogP contribution >= 0.6 is 0 Å². The summed E-state index contributed by atoms with van der Waals surface area (Å²) in [6.45, 7) is 8.22. The molecule has 0 aromatic carbocycles. The first-order valence-electron chi connectivity index (χ1n) is 9.05. The van der Waals surface area contributed by atoms with E-state index in [0.717, 1.165) is 61.7 Å². The van der Waals surface area contributed by atoms with Gasteiger partial charge >= 0.3 is 0 Å². The van der Waals surface area contributed by atoms with Crippen LogP contribution in [0.4, 0.5) is 5.82 Å². The van der Waals surface area contributed by atoms with E-state index in [2.05, 4.69) is 27.1 Å². The number of aliphatic hydroxyl groups excluding tert-OH is 1. The van der Waals surface area contributed by atoms with Crippen LogP contribution in [0, 0.1) is 20.8 Å². The minimum absolute atomic E-state index is 0.123. The Kier molecular flexibility index (Phi) is 5.17. The second-order valence-corrected chi connectivity index (χ2v) is 7.20. The molecule has 1 aliphatic carbocycles. The van der Waals surface area contributed by atoms with Crippen LogP contribution in [-0.2, 0) is 0 Å². The van der Waals surface area contributed by atoms with Crippen LogP contribution in [0.1, 0.15) is 55.6 Å². The van der Waals surface area contributed by atoms with E-state index in [1.165, 1.54) is 12.8 Å². The number of nitrogens with zero attached hydrogens (tertiary/aromatic N) is 3. The van der Waals surface area contributed by atoms with Crippen LogP contribution in [0.5, 0.6) is 0 Å². The number of likely N-dealkylation sites (tertiary alicyclic amines) is 1. The molecular formula is C18H30N4O. The molecule has 2 atom stereocenters. The largest absolute Gasteiger partial charge is 0.391 e. The Hall–Kier alpha value is -1.20. The molecule has 128 valence electrons. The molecule has 23 heavy (non-hydrogen) atoms. The summed E-state index contributed by atoms with van der Waals surface area (Å²) < 4.78 is 0. The van der Waals surface area contributed by atoms with Crippen molar-refractivity contribution >= 4 is 5.82 Å². The molecule has 0 spiro atoms. The highest BCUT2D eigenvalue weighted by Gasteiger charge is 2.31. The smallest absolute Gasteiger partial charge is 0.133 e. The number of piperidine rings is 1. The van der Waals surface area contributed by atoms with Gasteiger partial charge in [-0.1, -0.05) is 12.8 Å². The highest BCUT2D eigenvalue weighted by molar-refractivity contribution is 5.46. The fourth-order valence-electron chi connectivity index (χ4n) is 4.00. The summed E-state index contributed by atoms with van der Waals surface area (Å²) in [6, 6.07) is 0.856. The fourth-order valence-corrected chi connectivity index (χ4v) is 4.00. The molecule has 5 nitrogen and oxygen atoms in total. The molecule has 1 aromatic rings. The first kappa shape index (κ1) is 16.7. The molecule has 1 aromatic heterocycles. The quantitative estimate of drug-likeness (QED) is 0.897. The summed E-state index contributed by atoms with van der Waals surface area (Å²) in [6.07, 6.45) is 6.68. The molecule has 0 bridgehead atoms. The number of aromatic nitrogens is 2. The number of hydrogen-bond acceptors (Lipinski definition) is 5. The van der Waals surface area contributed by atoms with Crippen LogP contribution in [0.3, 0.4) is 0 Å². The molecule has 5 heteroatoms. The molecule has 2 fully saturated rings. The summed E-state index contributed by atoms with van der Waals surface area (Å²) >= 11 is 0. The molecule has 1 aliphatic heterocycles. The van der Waals surface area contributed by atoms with Crippen molar-refractivity contribution in [1.29, 1.82) is 0 Å². The summed E-state index contributed by atoms with van der Waals surface area (Å²) in [5, 5.41) is 13.9. The van der Waals surface area contributed by atoms with Gasteiger partial charge in [0, 0.05) is 36.4 Å². The Bertz CT molecular complexity index is 540. The van der Waals surface area contributed by atoms with E-state index in [9.17, 15) is 5.11 Å². The van der Waals surface area contributed by atoms with E-state index in [-0.39, 0.29) is 6.10 Å². The SMILES string of the molecule is Cc1nc(C)c(C)c(NC2CCN(C3CCCCC3O)CC2)n1. The van der Waals surface area contributed by atoms with Gasteiger partial charge in [0.1, 0.15) is 11.6 Å². The van der Waals surface area contributed by atoms with Gasteiger partial charge in [-0.05, 0) is 46.5 Å². The van der Waals surface area contributed by atoms with Crippen molar-refractivity contribution < 1.29 is 5.11 Å². The van der Waals surface area contributed by atoms with E-state index in [1.807, 2.05) is 13.8 Å². The Morgan fingerprint density at radius 1 is 1.00 bits per heavy atom. The Morgan fingerprint density at radius 3 is 2.39 bits per heavy atom. The van der Waals surface area contributed by atoms with Crippen LogP contribution in [0.2, 0.25) is 0 Å². The van der Waals surface area contributed by atoms with Gasteiger partial charge in [-0.3, -0.25) is 4.90 Å². The molecule has 0 radical (unpaired) electrons. The van der Waals surface area contributed by atoms with Crippen molar-refractivity contribution in [3.05, 3.63) is 17.1 Å². The average Bonchev–Trinajstić information content (AvgIpc) is 2.53. The van der Waals surface area contributed by atoms with Gasteiger partial charge in [0.25, 0.3) is 0 Å². The fraction of sp³-hybridized carbons (Fsp3) is 0.778. The monoisotopic (exact) mass is 318 g/mol. The van der Waals surface area contributed by atoms with Gasteiger partial charge in [0.05, 0.1) is 6.10 Å². The zero-order chi connectivity index (χ0) is 16.4. The normalized spacial score (nSPS) is 27.1. The minimum Gasteiger partial charge on any atom is -0.391 e. The minimum atomic E-state index is -0.123. The molecule has 2 aliphatic rings. The Morgan fingerprint density at radius 2 is 1.70 bits per heavy atom. The molecule has 1 saturated carbocycles. The molecular weight excluding hydrogens is 288 g/mol. The Balaban J connectivity index is 1.57. The molecule has 2 unspecified atom stereocenters. The Labute approximate surface area is 139 Å². The maximum Gasteiger partial charge on any atom is 0.133 e. The maximum absolute atomic E-state index is 10.2. The number of aliphatic hydroxyl groups is 1. The molecule has 1 saturated heterocycles. The maximum atomic E-state index is 10.2. The third-order valence-corrected chi connectivity index (χ3v) is 5.53. The van der Waals surface area contributed by atoms with Crippen molar-refractivity contribution in [2.75, 3.05) is 18.4 Å². The summed E-state index contributed by atoms with van der Waals surface area (Å²) in [5.74, 6) is 1.82. The lowest BCUT2D eigenvalue weighted by molar-refractivity contribution is 0.00992. The second kappa shape index (κ2) is 7.14. The predicted molar refractivity (Wildman–Crippen MR) is 92.7 cm³/mol. The number of hydrogen-bond donors (Lipinski definition) is 2. The van der Waals surface area contributed by atoms with Crippen molar-refractivity contribution in [3.63, 3.8) is 0 Å². The van der Waals surface area contributed by atoms with Crippen molar-refractivity contribution in [3.8, 4) is 0 Å².